The van der Waals surface area contributed by atoms with Crippen LogP contribution in [0.25, 0.3) is 10.8 Å². The Labute approximate surface area is 186 Å². The molecule has 0 saturated carbocycles. The molecule has 0 fully saturated rings. The van der Waals surface area contributed by atoms with E-state index in [9.17, 15) is 14.7 Å². The third-order valence-electron chi connectivity index (χ3n) is 5.33. The molecule has 5 heteroatoms. The summed E-state index contributed by atoms with van der Waals surface area (Å²) >= 11 is 0. The molecule has 0 aromatic heterocycles. The molecule has 0 bridgehead atoms. The quantitative estimate of drug-likeness (QED) is 0.418. The van der Waals surface area contributed by atoms with Crippen LogP contribution in [0.5, 0.6) is 5.75 Å². The highest BCUT2D eigenvalue weighted by molar-refractivity contribution is 5.90. The number of carbonyl (C=O) groups is 2. The number of benzene rings is 4. The number of aromatic hydroxyl groups is 1. The minimum Gasteiger partial charge on any atom is -0.508 e. The minimum absolute atomic E-state index is 0.103. The van der Waals surface area contributed by atoms with Gasteiger partial charge < -0.3 is 15.7 Å². The second-order valence-corrected chi connectivity index (χ2v) is 7.57. The molecule has 5 nitrogen and oxygen atoms in total. The van der Waals surface area contributed by atoms with Crippen molar-refractivity contribution in [3.8, 4) is 5.75 Å². The zero-order valence-electron chi connectivity index (χ0n) is 17.5. The first kappa shape index (κ1) is 21.1. The Morgan fingerprint density at radius 3 is 2.16 bits per heavy atom. The second kappa shape index (κ2) is 9.79. The lowest BCUT2D eigenvalue weighted by Gasteiger charge is -2.23. The Balaban J connectivity index is 1.55. The van der Waals surface area contributed by atoms with Crippen LogP contribution in [0.2, 0.25) is 0 Å². The number of rotatable bonds is 7. The van der Waals surface area contributed by atoms with Gasteiger partial charge in [0.15, 0.2) is 0 Å². The topological polar surface area (TPSA) is 78.4 Å². The van der Waals surface area contributed by atoms with E-state index in [-0.39, 0.29) is 30.5 Å². The molecular weight excluding hydrogens is 400 g/mol. The maximum absolute atomic E-state index is 12.8. The molecular formula is C27H24N2O3. The Hall–Kier alpha value is -4.12. The van der Waals surface area contributed by atoms with Gasteiger partial charge in [-0.3, -0.25) is 9.59 Å². The summed E-state index contributed by atoms with van der Waals surface area (Å²) in [5.41, 5.74) is 2.34. The summed E-state index contributed by atoms with van der Waals surface area (Å²) in [5, 5.41) is 18.2. The van der Waals surface area contributed by atoms with Gasteiger partial charge in [-0.05, 0) is 28.0 Å². The van der Waals surface area contributed by atoms with Crippen LogP contribution in [0.1, 0.15) is 22.7 Å². The summed E-state index contributed by atoms with van der Waals surface area (Å²) in [6, 6.07) is 29.5. The molecule has 0 radical (unpaired) electrons. The normalized spacial score (nSPS) is 11.6. The van der Waals surface area contributed by atoms with Crippen molar-refractivity contribution in [2.75, 3.05) is 6.54 Å². The monoisotopic (exact) mass is 424 g/mol. The minimum atomic E-state index is -0.569. The highest BCUT2D eigenvalue weighted by Crippen LogP contribution is 2.35. The van der Waals surface area contributed by atoms with Crippen molar-refractivity contribution in [2.24, 2.45) is 0 Å². The molecule has 0 spiro atoms. The van der Waals surface area contributed by atoms with Crippen molar-refractivity contribution < 1.29 is 14.7 Å². The van der Waals surface area contributed by atoms with Gasteiger partial charge in [0.2, 0.25) is 11.8 Å². The van der Waals surface area contributed by atoms with Crippen molar-refractivity contribution >= 4 is 22.6 Å². The van der Waals surface area contributed by atoms with E-state index in [1.54, 1.807) is 6.07 Å². The number of nitrogens with one attached hydrogen (secondary N) is 2. The summed E-state index contributed by atoms with van der Waals surface area (Å²) in [4.78, 5) is 25.0. The van der Waals surface area contributed by atoms with E-state index in [2.05, 4.69) is 10.6 Å². The fourth-order valence-corrected chi connectivity index (χ4v) is 3.79. The number of hydrogen-bond acceptors (Lipinski definition) is 3. The van der Waals surface area contributed by atoms with Crippen LogP contribution < -0.4 is 10.6 Å². The summed E-state index contributed by atoms with van der Waals surface area (Å²) in [6.07, 6.45) is 0.209. The van der Waals surface area contributed by atoms with Gasteiger partial charge in [0.25, 0.3) is 0 Å². The number of phenolic OH excluding ortho intramolecular Hbond substituents is 1. The Morgan fingerprint density at radius 2 is 1.41 bits per heavy atom. The predicted molar refractivity (Wildman–Crippen MR) is 125 cm³/mol. The predicted octanol–water partition coefficient (Wildman–Crippen LogP) is 4.11. The van der Waals surface area contributed by atoms with Crippen molar-refractivity contribution in [1.29, 1.82) is 0 Å². The molecule has 3 N–H and O–H groups in total. The zero-order chi connectivity index (χ0) is 22.3. The first-order valence-electron chi connectivity index (χ1n) is 10.5. The molecule has 2 amide bonds. The third-order valence-corrected chi connectivity index (χ3v) is 5.33. The molecule has 1 atom stereocenters. The molecule has 4 aromatic carbocycles. The van der Waals surface area contributed by atoms with Gasteiger partial charge in [-0.15, -0.1) is 0 Å². The van der Waals surface area contributed by atoms with Crippen molar-refractivity contribution in [1.82, 2.24) is 10.6 Å². The number of fused-ring (bicyclic) bond motifs is 1. The summed E-state index contributed by atoms with van der Waals surface area (Å²) in [7, 11) is 0. The van der Waals surface area contributed by atoms with Gasteiger partial charge in [-0.25, -0.2) is 0 Å². The smallest absolute Gasteiger partial charge is 0.240 e. The summed E-state index contributed by atoms with van der Waals surface area (Å²) in [5.74, 6) is -0.464. The van der Waals surface area contributed by atoms with E-state index in [1.807, 2.05) is 91.0 Å². The van der Waals surface area contributed by atoms with Crippen LogP contribution in [0.15, 0.2) is 97.1 Å². The molecule has 0 aliphatic rings. The van der Waals surface area contributed by atoms with E-state index in [4.69, 9.17) is 0 Å². The van der Waals surface area contributed by atoms with Crippen molar-refractivity contribution in [3.05, 3.63) is 114 Å². The van der Waals surface area contributed by atoms with Crippen LogP contribution >= 0.6 is 0 Å². The van der Waals surface area contributed by atoms with Crippen LogP contribution in [0.4, 0.5) is 0 Å². The lowest BCUT2D eigenvalue weighted by Crippen LogP contribution is -2.39. The number of hydrogen-bond donors (Lipinski definition) is 3. The Kier molecular flexibility index (Phi) is 6.46. The fraction of sp³-hybridized carbons (Fsp3) is 0.111. The third kappa shape index (κ3) is 4.95. The van der Waals surface area contributed by atoms with Gasteiger partial charge in [-0.1, -0.05) is 91.0 Å². The van der Waals surface area contributed by atoms with Gasteiger partial charge in [0, 0.05) is 5.56 Å². The van der Waals surface area contributed by atoms with Crippen molar-refractivity contribution in [3.63, 3.8) is 0 Å². The van der Waals surface area contributed by atoms with Gasteiger partial charge >= 0.3 is 0 Å². The van der Waals surface area contributed by atoms with E-state index in [0.717, 1.165) is 21.9 Å². The molecule has 4 rings (SSSR count). The lowest BCUT2D eigenvalue weighted by atomic mass is 9.92. The first-order chi connectivity index (χ1) is 15.6. The zero-order valence-corrected chi connectivity index (χ0v) is 17.5. The maximum atomic E-state index is 12.8. The molecule has 0 aliphatic heterocycles. The molecule has 32 heavy (non-hydrogen) atoms. The Morgan fingerprint density at radius 1 is 0.750 bits per heavy atom. The molecule has 4 aromatic rings. The largest absolute Gasteiger partial charge is 0.508 e. The van der Waals surface area contributed by atoms with Crippen LogP contribution in [-0.4, -0.2) is 23.5 Å². The first-order valence-corrected chi connectivity index (χ1v) is 10.5. The van der Waals surface area contributed by atoms with E-state index in [1.165, 1.54) is 0 Å². The Bertz CT molecular complexity index is 1220. The van der Waals surface area contributed by atoms with Gasteiger partial charge in [0.05, 0.1) is 19.0 Å². The van der Waals surface area contributed by atoms with Crippen LogP contribution in [0.3, 0.4) is 0 Å². The molecule has 160 valence electrons. The maximum Gasteiger partial charge on any atom is 0.240 e. The number of phenols is 1. The van der Waals surface area contributed by atoms with E-state index < -0.39 is 6.04 Å². The highest BCUT2D eigenvalue weighted by Gasteiger charge is 2.22. The summed E-state index contributed by atoms with van der Waals surface area (Å²) in [6.45, 7) is -0.152. The van der Waals surface area contributed by atoms with Gasteiger partial charge in [-0.2, -0.15) is 0 Å². The van der Waals surface area contributed by atoms with Crippen molar-refractivity contribution in [2.45, 2.75) is 12.5 Å². The standard InChI is InChI=1S/C27H24N2O3/c30-23-16-15-20-11-7-8-14-22(20)26(23)27(21-12-5-2-6-13-21)29-25(32)18-28-24(31)17-19-9-3-1-4-10-19/h1-16,27,30H,17-18H2,(H,28,31)(H,29,32). The highest BCUT2D eigenvalue weighted by atomic mass is 16.3. The SMILES string of the molecule is O=C(Cc1ccccc1)NCC(=O)NC(c1ccccc1)c1c(O)ccc2ccccc12. The molecule has 0 heterocycles. The second-order valence-electron chi connectivity index (χ2n) is 7.57. The fourth-order valence-electron chi connectivity index (χ4n) is 3.79. The lowest BCUT2D eigenvalue weighted by molar-refractivity contribution is -0.126. The molecule has 1 unspecified atom stereocenters. The number of amides is 2. The number of carbonyl (C=O) groups excluding carboxylic acids is 2. The van der Waals surface area contributed by atoms with Crippen LogP contribution in [-0.2, 0) is 16.0 Å². The summed E-state index contributed by atoms with van der Waals surface area (Å²) < 4.78 is 0. The van der Waals surface area contributed by atoms with E-state index in [0.29, 0.717) is 5.56 Å². The molecule has 0 aliphatic carbocycles. The molecule has 0 saturated heterocycles. The van der Waals surface area contributed by atoms with Crippen LogP contribution in [0, 0.1) is 0 Å². The average molecular weight is 425 g/mol. The van der Waals surface area contributed by atoms with E-state index >= 15 is 0 Å². The van der Waals surface area contributed by atoms with Gasteiger partial charge in [0.1, 0.15) is 5.75 Å². The average Bonchev–Trinajstić information content (AvgIpc) is 2.83.